The van der Waals surface area contributed by atoms with Crippen molar-refractivity contribution in [2.45, 2.75) is 77.6 Å². The minimum atomic E-state index is -0.927. The number of ketones is 1. The van der Waals surface area contributed by atoms with Gasteiger partial charge in [0.25, 0.3) is 0 Å². The molecule has 2 heteroatoms. The summed E-state index contributed by atoms with van der Waals surface area (Å²) in [5, 5.41) is 0. The molecule has 0 bridgehead atoms. The van der Waals surface area contributed by atoms with Crippen LogP contribution in [-0.2, 0) is 25.8 Å². The number of benzene rings is 2. The lowest BCUT2D eigenvalue weighted by Gasteiger charge is -2.33. The number of carbonyl (C=O) groups excluding carboxylic acids is 2. The molecule has 28 heavy (non-hydrogen) atoms. The maximum Gasteiger partial charge on any atom is 0.147 e. The first-order chi connectivity index (χ1) is 13.0. The molecule has 2 nitrogen and oxygen atoms in total. The Labute approximate surface area is 170 Å². The van der Waals surface area contributed by atoms with E-state index in [1.54, 1.807) is 0 Å². The minimum absolute atomic E-state index is 0.0367. The van der Waals surface area contributed by atoms with Crippen molar-refractivity contribution in [3.63, 3.8) is 0 Å². The van der Waals surface area contributed by atoms with E-state index in [1.807, 2.05) is 31.2 Å². The van der Waals surface area contributed by atoms with E-state index < -0.39 is 5.41 Å². The van der Waals surface area contributed by atoms with Gasteiger partial charge in [0, 0.05) is 12.8 Å². The second-order valence-corrected chi connectivity index (χ2v) is 9.71. The third-order valence-electron chi connectivity index (χ3n) is 5.67. The molecule has 0 spiro atoms. The van der Waals surface area contributed by atoms with Crippen LogP contribution in [0.1, 0.15) is 83.6 Å². The van der Waals surface area contributed by atoms with Gasteiger partial charge in [-0.05, 0) is 33.1 Å². The number of aldehydes is 1. The van der Waals surface area contributed by atoms with Crippen molar-refractivity contribution < 1.29 is 9.59 Å². The van der Waals surface area contributed by atoms with E-state index in [1.165, 1.54) is 11.1 Å². The maximum atomic E-state index is 13.2. The number of hydrogen-bond donors (Lipinski definition) is 0. The van der Waals surface area contributed by atoms with Gasteiger partial charge in [-0.15, -0.1) is 0 Å². The molecule has 0 unspecified atom stereocenters. The molecule has 2 aromatic carbocycles. The molecular weight excluding hydrogens is 344 g/mol. The molecule has 0 heterocycles. The third kappa shape index (κ3) is 4.27. The number of rotatable bonds is 6. The van der Waals surface area contributed by atoms with E-state index in [2.05, 4.69) is 65.8 Å². The van der Waals surface area contributed by atoms with Crippen molar-refractivity contribution in [3.05, 3.63) is 70.8 Å². The van der Waals surface area contributed by atoms with Gasteiger partial charge in [0.2, 0.25) is 0 Å². The predicted molar refractivity (Wildman–Crippen MR) is 117 cm³/mol. The average Bonchev–Trinajstić information content (AvgIpc) is 2.64. The number of Topliss-reactive ketones (excluding diaryl/α,β-unsaturated/α-hetero) is 1. The van der Waals surface area contributed by atoms with Gasteiger partial charge in [-0.1, -0.05) is 97.0 Å². The highest BCUT2D eigenvalue weighted by atomic mass is 16.1. The van der Waals surface area contributed by atoms with Crippen LogP contribution in [0, 0.1) is 0 Å². The fraction of sp³-hybridized carbons (Fsp3) is 0.462. The van der Waals surface area contributed by atoms with Crippen molar-refractivity contribution in [1.82, 2.24) is 0 Å². The largest absolute Gasteiger partial charge is 0.303 e. The van der Waals surface area contributed by atoms with Crippen LogP contribution < -0.4 is 0 Å². The molecule has 0 amide bonds. The highest BCUT2D eigenvalue weighted by Gasteiger charge is 2.40. The second kappa shape index (κ2) is 8.03. The van der Waals surface area contributed by atoms with Crippen LogP contribution >= 0.6 is 0 Å². The molecule has 0 radical (unpaired) electrons. The van der Waals surface area contributed by atoms with Gasteiger partial charge < -0.3 is 4.79 Å². The third-order valence-corrected chi connectivity index (χ3v) is 5.67. The van der Waals surface area contributed by atoms with Gasteiger partial charge in [-0.3, -0.25) is 4.79 Å². The van der Waals surface area contributed by atoms with Gasteiger partial charge >= 0.3 is 0 Å². The standard InChI is InChI=1S/C26H34O2/c1-8-23(28)26(17-18-27,21-13-9-19(10-14-21)24(2,3)4)22-15-11-20(12-16-22)25(5,6)7/h9-16,18H,8,17H2,1-7H3. The fourth-order valence-electron chi connectivity index (χ4n) is 3.77. The Morgan fingerprint density at radius 1 is 0.714 bits per heavy atom. The molecule has 0 N–H and O–H groups in total. The normalized spacial score (nSPS) is 12.7. The first-order valence-corrected chi connectivity index (χ1v) is 10.2. The monoisotopic (exact) mass is 378 g/mol. The lowest BCUT2D eigenvalue weighted by Crippen LogP contribution is -2.37. The van der Waals surface area contributed by atoms with E-state index in [9.17, 15) is 9.59 Å². The smallest absolute Gasteiger partial charge is 0.147 e. The number of hydrogen-bond acceptors (Lipinski definition) is 2. The van der Waals surface area contributed by atoms with Crippen molar-refractivity contribution in [1.29, 1.82) is 0 Å². The van der Waals surface area contributed by atoms with Gasteiger partial charge in [-0.25, -0.2) is 0 Å². The van der Waals surface area contributed by atoms with Gasteiger partial charge in [0.15, 0.2) is 0 Å². The molecule has 0 aliphatic carbocycles. The summed E-state index contributed by atoms with van der Waals surface area (Å²) in [6.07, 6.45) is 1.42. The molecule has 0 fully saturated rings. The zero-order valence-electron chi connectivity index (χ0n) is 18.4. The summed E-state index contributed by atoms with van der Waals surface area (Å²) in [7, 11) is 0. The Balaban J connectivity index is 2.67. The van der Waals surface area contributed by atoms with Gasteiger partial charge in [-0.2, -0.15) is 0 Å². The van der Waals surface area contributed by atoms with E-state index in [-0.39, 0.29) is 23.0 Å². The molecular formula is C26H34O2. The summed E-state index contributed by atoms with van der Waals surface area (Å²) in [4.78, 5) is 24.9. The molecule has 2 aromatic rings. The van der Waals surface area contributed by atoms with Gasteiger partial charge in [0.1, 0.15) is 12.1 Å². The predicted octanol–water partition coefficient (Wildman–Crippen LogP) is 6.14. The van der Waals surface area contributed by atoms with Gasteiger partial charge in [0.05, 0.1) is 5.41 Å². The first kappa shape index (κ1) is 22.1. The average molecular weight is 379 g/mol. The topological polar surface area (TPSA) is 34.1 Å². The van der Waals surface area contributed by atoms with E-state index in [4.69, 9.17) is 0 Å². The molecule has 0 saturated heterocycles. The quantitative estimate of drug-likeness (QED) is 0.566. The van der Waals surface area contributed by atoms with E-state index in [0.717, 1.165) is 17.4 Å². The summed E-state index contributed by atoms with van der Waals surface area (Å²) < 4.78 is 0. The molecule has 0 aliphatic heterocycles. The highest BCUT2D eigenvalue weighted by Crippen LogP contribution is 2.39. The molecule has 0 saturated carbocycles. The number of carbonyl (C=O) groups is 2. The zero-order chi connectivity index (χ0) is 21.2. The van der Waals surface area contributed by atoms with E-state index in [0.29, 0.717) is 6.42 Å². The minimum Gasteiger partial charge on any atom is -0.303 e. The summed E-state index contributed by atoms with van der Waals surface area (Å²) in [6, 6.07) is 16.4. The lowest BCUT2D eigenvalue weighted by molar-refractivity contribution is -0.125. The second-order valence-electron chi connectivity index (χ2n) is 9.71. The van der Waals surface area contributed by atoms with E-state index >= 15 is 0 Å². The molecule has 0 aliphatic rings. The maximum absolute atomic E-state index is 13.2. The summed E-state index contributed by atoms with van der Waals surface area (Å²) in [5.74, 6) is 0.0756. The van der Waals surface area contributed by atoms with Crippen molar-refractivity contribution in [3.8, 4) is 0 Å². The van der Waals surface area contributed by atoms with Crippen LogP contribution in [0.5, 0.6) is 0 Å². The fourth-order valence-corrected chi connectivity index (χ4v) is 3.77. The Morgan fingerprint density at radius 2 is 1.04 bits per heavy atom. The molecule has 0 atom stereocenters. The summed E-state index contributed by atoms with van der Waals surface area (Å²) in [6.45, 7) is 14.9. The Bertz CT molecular complexity index is 755. The lowest BCUT2D eigenvalue weighted by atomic mass is 9.67. The highest BCUT2D eigenvalue weighted by molar-refractivity contribution is 5.95. The summed E-state index contributed by atoms with van der Waals surface area (Å²) in [5.41, 5.74) is 3.35. The van der Waals surface area contributed by atoms with Crippen LogP contribution in [0.4, 0.5) is 0 Å². The van der Waals surface area contributed by atoms with Crippen LogP contribution in [0.15, 0.2) is 48.5 Å². The van der Waals surface area contributed by atoms with Crippen LogP contribution in [0.2, 0.25) is 0 Å². The Kier molecular flexibility index (Phi) is 6.33. The summed E-state index contributed by atoms with van der Waals surface area (Å²) >= 11 is 0. The zero-order valence-corrected chi connectivity index (χ0v) is 18.4. The van der Waals surface area contributed by atoms with Crippen LogP contribution in [0.3, 0.4) is 0 Å². The Hall–Kier alpha value is -2.22. The molecule has 2 rings (SSSR count). The van der Waals surface area contributed by atoms with Crippen LogP contribution in [-0.4, -0.2) is 12.1 Å². The van der Waals surface area contributed by atoms with Crippen molar-refractivity contribution in [2.24, 2.45) is 0 Å². The van der Waals surface area contributed by atoms with Crippen molar-refractivity contribution in [2.75, 3.05) is 0 Å². The van der Waals surface area contributed by atoms with Crippen LogP contribution in [0.25, 0.3) is 0 Å². The SMILES string of the molecule is CCC(=O)C(CC=O)(c1ccc(C(C)(C)C)cc1)c1ccc(C(C)(C)C)cc1. The van der Waals surface area contributed by atoms with Crippen molar-refractivity contribution >= 4 is 12.1 Å². The Morgan fingerprint density at radius 3 is 1.29 bits per heavy atom. The molecule has 0 aromatic heterocycles. The molecule has 150 valence electrons. The first-order valence-electron chi connectivity index (χ1n) is 10.2.